The minimum Gasteiger partial charge on any atom is -0.303 e. The lowest BCUT2D eigenvalue weighted by atomic mass is 10.3. The number of hydroxylamine groups is 1. The number of nitrogens with zero attached hydrogens (tertiary/aromatic N) is 2. The quantitative estimate of drug-likeness (QED) is 0.502. The van der Waals surface area contributed by atoms with E-state index in [4.69, 9.17) is 4.84 Å². The van der Waals surface area contributed by atoms with Gasteiger partial charge in [0.05, 0.1) is 5.71 Å². The first-order valence-corrected chi connectivity index (χ1v) is 4.67. The van der Waals surface area contributed by atoms with Crippen molar-refractivity contribution in [3.05, 3.63) is 0 Å². The Morgan fingerprint density at radius 3 is 2.46 bits per heavy atom. The second kappa shape index (κ2) is 6.86. The van der Waals surface area contributed by atoms with Crippen LogP contribution in [-0.2, 0) is 4.84 Å². The van der Waals surface area contributed by atoms with Crippen molar-refractivity contribution in [2.75, 3.05) is 20.7 Å². The molecule has 0 saturated heterocycles. The van der Waals surface area contributed by atoms with Crippen LogP contribution in [0.3, 0.4) is 0 Å². The van der Waals surface area contributed by atoms with Gasteiger partial charge < -0.3 is 5.01 Å². The van der Waals surface area contributed by atoms with Crippen LogP contribution in [0.15, 0.2) is 5.10 Å². The molecule has 0 fully saturated rings. The SMILES string of the molecule is CC/C(CONC(C)C)=N\N(C)C. The maximum absolute atomic E-state index is 5.24. The van der Waals surface area contributed by atoms with Crippen LogP contribution in [0, 0.1) is 0 Å². The summed E-state index contributed by atoms with van der Waals surface area (Å²) >= 11 is 0. The molecule has 0 aromatic rings. The molecule has 0 bridgehead atoms. The van der Waals surface area contributed by atoms with E-state index >= 15 is 0 Å². The zero-order chi connectivity index (χ0) is 10.3. The summed E-state index contributed by atoms with van der Waals surface area (Å²) in [4.78, 5) is 5.24. The van der Waals surface area contributed by atoms with E-state index in [-0.39, 0.29) is 0 Å². The summed E-state index contributed by atoms with van der Waals surface area (Å²) in [6.07, 6.45) is 0.915. The predicted octanol–water partition coefficient (Wildman–Crippen LogP) is 1.24. The van der Waals surface area contributed by atoms with Crippen molar-refractivity contribution < 1.29 is 4.84 Å². The van der Waals surface area contributed by atoms with Gasteiger partial charge in [-0.15, -0.1) is 0 Å². The van der Waals surface area contributed by atoms with E-state index in [0.29, 0.717) is 12.6 Å². The third-order valence-corrected chi connectivity index (χ3v) is 1.31. The Bertz CT molecular complexity index is 155. The van der Waals surface area contributed by atoms with Crippen LogP contribution in [0.4, 0.5) is 0 Å². The first kappa shape index (κ1) is 12.4. The molecule has 0 unspecified atom stereocenters. The minimum atomic E-state index is 0.345. The molecule has 0 spiro atoms. The minimum absolute atomic E-state index is 0.345. The van der Waals surface area contributed by atoms with Crippen molar-refractivity contribution in [1.82, 2.24) is 10.5 Å². The molecule has 1 N–H and O–H groups in total. The van der Waals surface area contributed by atoms with Crippen molar-refractivity contribution in [2.45, 2.75) is 33.2 Å². The lowest BCUT2D eigenvalue weighted by Crippen LogP contribution is -2.26. The highest BCUT2D eigenvalue weighted by atomic mass is 16.6. The maximum atomic E-state index is 5.24. The molecule has 0 aliphatic heterocycles. The molecule has 13 heavy (non-hydrogen) atoms. The normalized spacial score (nSPS) is 12.3. The smallest absolute Gasteiger partial charge is 0.108 e. The van der Waals surface area contributed by atoms with Crippen molar-refractivity contribution in [3.63, 3.8) is 0 Å². The summed E-state index contributed by atoms with van der Waals surface area (Å²) in [6, 6.07) is 0.345. The average Bonchev–Trinajstić information content (AvgIpc) is 2.01. The highest BCUT2D eigenvalue weighted by molar-refractivity contribution is 5.85. The van der Waals surface area contributed by atoms with Gasteiger partial charge in [-0.3, -0.25) is 4.84 Å². The summed E-state index contributed by atoms with van der Waals surface area (Å²) in [5.41, 5.74) is 3.92. The van der Waals surface area contributed by atoms with Gasteiger partial charge in [0, 0.05) is 20.1 Å². The van der Waals surface area contributed by atoms with Crippen LogP contribution in [0.5, 0.6) is 0 Å². The van der Waals surface area contributed by atoms with E-state index in [1.807, 2.05) is 27.9 Å². The van der Waals surface area contributed by atoms with Crippen LogP contribution in [0.25, 0.3) is 0 Å². The fourth-order valence-electron chi connectivity index (χ4n) is 0.776. The summed E-state index contributed by atoms with van der Waals surface area (Å²) in [5.74, 6) is 0. The van der Waals surface area contributed by atoms with Gasteiger partial charge in [0.25, 0.3) is 0 Å². The molecule has 4 heteroatoms. The Kier molecular flexibility index (Phi) is 6.54. The number of nitrogens with one attached hydrogen (secondary N) is 1. The molecule has 0 atom stereocenters. The molecule has 0 aromatic carbocycles. The highest BCUT2D eigenvalue weighted by Gasteiger charge is 1.98. The lowest BCUT2D eigenvalue weighted by Gasteiger charge is -2.11. The van der Waals surface area contributed by atoms with E-state index in [1.165, 1.54) is 0 Å². The predicted molar refractivity (Wildman–Crippen MR) is 55.6 cm³/mol. The summed E-state index contributed by atoms with van der Waals surface area (Å²) < 4.78 is 0. The van der Waals surface area contributed by atoms with E-state index in [1.54, 1.807) is 5.01 Å². The van der Waals surface area contributed by atoms with E-state index in [9.17, 15) is 0 Å². The fourth-order valence-corrected chi connectivity index (χ4v) is 0.776. The second-order valence-electron chi connectivity index (χ2n) is 3.43. The van der Waals surface area contributed by atoms with Gasteiger partial charge in [-0.25, -0.2) is 0 Å². The Morgan fingerprint density at radius 2 is 2.08 bits per heavy atom. The van der Waals surface area contributed by atoms with Crippen molar-refractivity contribution in [3.8, 4) is 0 Å². The third-order valence-electron chi connectivity index (χ3n) is 1.31. The molecule has 78 valence electrons. The number of rotatable bonds is 6. The highest BCUT2D eigenvalue weighted by Crippen LogP contribution is 1.89. The molecule has 0 saturated carbocycles. The van der Waals surface area contributed by atoms with Gasteiger partial charge in [-0.05, 0) is 20.3 Å². The third kappa shape index (κ3) is 7.74. The first-order valence-electron chi connectivity index (χ1n) is 4.67. The summed E-state index contributed by atoms with van der Waals surface area (Å²) in [7, 11) is 3.82. The molecule has 0 aliphatic rings. The van der Waals surface area contributed by atoms with Crippen LogP contribution in [0.1, 0.15) is 27.2 Å². The Hall–Kier alpha value is -0.610. The van der Waals surface area contributed by atoms with Gasteiger partial charge in [0.15, 0.2) is 0 Å². The monoisotopic (exact) mass is 187 g/mol. The number of hydrazone groups is 1. The van der Waals surface area contributed by atoms with Gasteiger partial charge in [-0.2, -0.15) is 10.6 Å². The molecule has 0 rings (SSSR count). The summed E-state index contributed by atoms with van der Waals surface area (Å²) in [5, 5.41) is 6.07. The molecule has 0 amide bonds. The van der Waals surface area contributed by atoms with Gasteiger partial charge in [-0.1, -0.05) is 6.92 Å². The number of hydrogen-bond acceptors (Lipinski definition) is 4. The molecule has 0 heterocycles. The Balaban J connectivity index is 3.72. The van der Waals surface area contributed by atoms with Gasteiger partial charge in [0.2, 0.25) is 0 Å². The summed E-state index contributed by atoms with van der Waals surface area (Å²) in [6.45, 7) is 6.69. The topological polar surface area (TPSA) is 36.9 Å². The Labute approximate surface area is 80.9 Å². The van der Waals surface area contributed by atoms with Crippen LogP contribution in [-0.4, -0.2) is 37.5 Å². The molecule has 0 radical (unpaired) electrons. The van der Waals surface area contributed by atoms with E-state index in [2.05, 4.69) is 17.5 Å². The molecular formula is C9H21N3O. The largest absolute Gasteiger partial charge is 0.303 e. The van der Waals surface area contributed by atoms with Crippen LogP contribution >= 0.6 is 0 Å². The van der Waals surface area contributed by atoms with Gasteiger partial charge >= 0.3 is 0 Å². The standard InChI is InChI=1S/C9H21N3O/c1-6-9(10-12(4)5)7-13-11-8(2)3/h8,11H,6-7H2,1-5H3/b10-9+. The first-order chi connectivity index (χ1) is 6.06. The lowest BCUT2D eigenvalue weighted by molar-refractivity contribution is 0.0497. The molecule has 0 aliphatic carbocycles. The van der Waals surface area contributed by atoms with Crippen molar-refractivity contribution in [2.24, 2.45) is 5.10 Å². The van der Waals surface area contributed by atoms with Gasteiger partial charge in [0.1, 0.15) is 6.61 Å². The zero-order valence-electron chi connectivity index (χ0n) is 9.29. The Morgan fingerprint density at radius 1 is 1.46 bits per heavy atom. The van der Waals surface area contributed by atoms with Crippen molar-refractivity contribution in [1.29, 1.82) is 0 Å². The molecule has 4 nitrogen and oxygen atoms in total. The van der Waals surface area contributed by atoms with Crippen LogP contribution < -0.4 is 5.48 Å². The fraction of sp³-hybridized carbons (Fsp3) is 0.889. The van der Waals surface area contributed by atoms with Crippen molar-refractivity contribution >= 4 is 5.71 Å². The second-order valence-corrected chi connectivity index (χ2v) is 3.43. The molecule has 0 aromatic heterocycles. The molecular weight excluding hydrogens is 166 g/mol. The average molecular weight is 187 g/mol. The van der Waals surface area contributed by atoms with E-state index in [0.717, 1.165) is 12.1 Å². The van der Waals surface area contributed by atoms with Crippen LogP contribution in [0.2, 0.25) is 0 Å². The maximum Gasteiger partial charge on any atom is 0.108 e. The van der Waals surface area contributed by atoms with E-state index < -0.39 is 0 Å². The number of hydrogen-bond donors (Lipinski definition) is 1. The zero-order valence-corrected chi connectivity index (χ0v) is 9.29.